The molecule has 1 unspecified atom stereocenters. The number of aryl methyl sites for hydroxylation is 2. The fourth-order valence-electron chi connectivity index (χ4n) is 6.07. The average Bonchev–Trinajstić information content (AvgIpc) is 3.51. The van der Waals surface area contributed by atoms with Gasteiger partial charge in [0.25, 0.3) is 5.91 Å². The lowest BCUT2D eigenvalue weighted by Crippen LogP contribution is -2.35. The number of methoxy groups -OCH3 is 2. The summed E-state index contributed by atoms with van der Waals surface area (Å²) in [5, 5.41) is 0.969. The molecule has 10 nitrogen and oxygen atoms in total. The zero-order valence-corrected chi connectivity index (χ0v) is 27.3. The summed E-state index contributed by atoms with van der Waals surface area (Å²) < 4.78 is 23.3. The van der Waals surface area contributed by atoms with E-state index in [1.807, 2.05) is 79.4 Å². The molecule has 6 rings (SSSR count). The van der Waals surface area contributed by atoms with Crippen molar-refractivity contribution < 1.29 is 28.5 Å². The number of carbonyl (C=O) groups is 2. The summed E-state index contributed by atoms with van der Waals surface area (Å²) in [4.78, 5) is 39.3. The number of para-hydroxylation sites is 1. The highest BCUT2D eigenvalue weighted by molar-refractivity contribution is 6.10. The molecule has 4 aromatic rings. The number of allylic oxidation sites excluding steroid dienone is 1. The average molecular weight is 635 g/mol. The summed E-state index contributed by atoms with van der Waals surface area (Å²) in [6.07, 6.45) is 7.07. The molecule has 0 radical (unpaired) electrons. The number of rotatable bonds is 11. The monoisotopic (exact) mass is 634 g/mol. The van der Waals surface area contributed by atoms with E-state index in [0.29, 0.717) is 45.5 Å². The van der Waals surface area contributed by atoms with E-state index >= 15 is 0 Å². The summed E-state index contributed by atoms with van der Waals surface area (Å²) in [5.74, 6) is 1.88. The smallest absolute Gasteiger partial charge is 0.256 e. The number of aliphatic imine (C=N–C) groups is 1. The Labute approximate surface area is 274 Å². The minimum atomic E-state index is -0.107. The summed E-state index contributed by atoms with van der Waals surface area (Å²) in [7, 11) is 4.98. The lowest BCUT2D eigenvalue weighted by Gasteiger charge is -2.21. The van der Waals surface area contributed by atoms with Crippen LogP contribution in [0.4, 0.5) is 5.69 Å². The van der Waals surface area contributed by atoms with Gasteiger partial charge in [0.15, 0.2) is 28.8 Å². The maximum absolute atomic E-state index is 13.2. The van der Waals surface area contributed by atoms with Gasteiger partial charge in [-0.05, 0) is 75.2 Å². The van der Waals surface area contributed by atoms with Crippen molar-refractivity contribution in [1.29, 1.82) is 0 Å². The van der Waals surface area contributed by atoms with Gasteiger partial charge in [-0.25, -0.2) is 4.90 Å². The molecule has 1 saturated heterocycles. The third kappa shape index (κ3) is 6.55. The van der Waals surface area contributed by atoms with Gasteiger partial charge >= 0.3 is 0 Å². The van der Waals surface area contributed by atoms with Crippen LogP contribution in [-0.2, 0) is 0 Å². The van der Waals surface area contributed by atoms with Crippen LogP contribution in [0.2, 0.25) is 0 Å². The van der Waals surface area contributed by atoms with Gasteiger partial charge in [-0.15, -0.1) is 0 Å². The predicted octanol–water partition coefficient (Wildman–Crippen LogP) is 6.39. The summed E-state index contributed by atoms with van der Waals surface area (Å²) in [5.41, 5.74) is 4.98. The van der Waals surface area contributed by atoms with Crippen LogP contribution < -0.4 is 18.9 Å². The Morgan fingerprint density at radius 2 is 1.72 bits per heavy atom. The number of hydrogen-bond acceptors (Lipinski definition) is 9. The van der Waals surface area contributed by atoms with Crippen LogP contribution in [0.15, 0.2) is 65.7 Å². The Morgan fingerprint density at radius 3 is 2.51 bits per heavy atom. The molecule has 10 heteroatoms. The molecule has 1 aromatic heterocycles. The van der Waals surface area contributed by atoms with Crippen molar-refractivity contribution in [3.8, 4) is 23.0 Å². The van der Waals surface area contributed by atoms with Gasteiger partial charge in [0, 0.05) is 35.5 Å². The minimum absolute atomic E-state index is 0.0274. The van der Waals surface area contributed by atoms with E-state index in [0.717, 1.165) is 41.4 Å². The van der Waals surface area contributed by atoms with Crippen LogP contribution in [0.1, 0.15) is 50.4 Å². The van der Waals surface area contributed by atoms with E-state index < -0.39 is 0 Å². The molecule has 242 valence electrons. The first kappa shape index (κ1) is 31.7. The van der Waals surface area contributed by atoms with Crippen LogP contribution in [0.25, 0.3) is 17.0 Å². The van der Waals surface area contributed by atoms with Gasteiger partial charge in [-0.1, -0.05) is 30.3 Å². The number of benzene rings is 3. The van der Waals surface area contributed by atoms with E-state index in [4.69, 9.17) is 18.9 Å². The quantitative estimate of drug-likeness (QED) is 0.106. The SMILES string of the molecule is COc1cc(/C=C/C(=O)c2c(C)nc3ccccc3c2C)ccc1OCN(C)COc1cc2c(cc1OC)C(=O)N1CCCC1C=N2. The summed E-state index contributed by atoms with van der Waals surface area (Å²) in [6, 6.07) is 16.8. The Balaban J connectivity index is 1.09. The molecule has 0 aliphatic carbocycles. The van der Waals surface area contributed by atoms with E-state index in [1.165, 1.54) is 0 Å². The molecule has 0 spiro atoms. The number of ketones is 1. The molecule has 1 fully saturated rings. The Kier molecular flexibility index (Phi) is 9.22. The highest BCUT2D eigenvalue weighted by atomic mass is 16.5. The molecule has 0 saturated carbocycles. The maximum Gasteiger partial charge on any atom is 0.256 e. The number of pyridine rings is 1. The molecule has 1 atom stereocenters. The standard InChI is InChI=1S/C37H38N4O6/c1-23-27-10-6-7-11-29(27)39-24(2)36(23)31(42)14-12-25-13-15-32(33(17-25)44-4)46-21-40(3)22-47-35-19-30-28(18-34(35)45-5)37(43)41-16-8-9-26(41)20-38-30/h6-7,10-15,17-20,26H,8-9,16,21-22H2,1-5H3/b14-12+. The van der Waals surface area contributed by atoms with Gasteiger partial charge < -0.3 is 23.8 Å². The second kappa shape index (κ2) is 13.6. The number of fused-ring (bicyclic) bond motifs is 3. The van der Waals surface area contributed by atoms with Gasteiger partial charge in [0.2, 0.25) is 0 Å². The first-order chi connectivity index (χ1) is 22.8. The van der Waals surface area contributed by atoms with E-state index in [1.54, 1.807) is 38.5 Å². The molecule has 0 bridgehead atoms. The van der Waals surface area contributed by atoms with E-state index in [2.05, 4.69) is 9.98 Å². The fourth-order valence-corrected chi connectivity index (χ4v) is 6.07. The van der Waals surface area contributed by atoms with Crippen molar-refractivity contribution in [2.45, 2.75) is 32.7 Å². The molecule has 3 aromatic carbocycles. The van der Waals surface area contributed by atoms with Gasteiger partial charge in [0.05, 0.1) is 37.0 Å². The van der Waals surface area contributed by atoms with Gasteiger partial charge in [0.1, 0.15) is 13.5 Å². The molecule has 3 heterocycles. The van der Waals surface area contributed by atoms with Crippen LogP contribution in [0, 0.1) is 13.8 Å². The molecule has 0 N–H and O–H groups in total. The number of carbonyl (C=O) groups excluding carboxylic acids is 2. The third-order valence-electron chi connectivity index (χ3n) is 8.53. The van der Waals surface area contributed by atoms with Crippen molar-refractivity contribution in [1.82, 2.24) is 14.8 Å². The number of aromatic nitrogens is 1. The second-order valence-electron chi connectivity index (χ2n) is 11.7. The first-order valence-corrected chi connectivity index (χ1v) is 15.5. The summed E-state index contributed by atoms with van der Waals surface area (Å²) >= 11 is 0. The molecule has 1 amide bonds. The van der Waals surface area contributed by atoms with Crippen molar-refractivity contribution in [3.63, 3.8) is 0 Å². The van der Waals surface area contributed by atoms with E-state index in [-0.39, 0.29) is 31.2 Å². The lowest BCUT2D eigenvalue weighted by atomic mass is 9.98. The molecule has 2 aliphatic heterocycles. The number of hydrogen-bond donors (Lipinski definition) is 0. The molecule has 47 heavy (non-hydrogen) atoms. The topological polar surface area (TPSA) is 103 Å². The Hall–Kier alpha value is -5.22. The second-order valence-corrected chi connectivity index (χ2v) is 11.7. The highest BCUT2D eigenvalue weighted by Crippen LogP contribution is 2.38. The van der Waals surface area contributed by atoms with Gasteiger partial charge in [-0.3, -0.25) is 19.6 Å². The van der Waals surface area contributed by atoms with Crippen molar-refractivity contribution in [2.75, 3.05) is 41.3 Å². The third-order valence-corrected chi connectivity index (χ3v) is 8.53. The molecular weight excluding hydrogens is 596 g/mol. The van der Waals surface area contributed by atoms with Crippen LogP contribution in [0.3, 0.4) is 0 Å². The normalized spacial score (nSPS) is 15.6. The zero-order chi connectivity index (χ0) is 33.1. The van der Waals surface area contributed by atoms with Crippen LogP contribution >= 0.6 is 0 Å². The molecule has 2 aliphatic rings. The van der Waals surface area contributed by atoms with Crippen molar-refractivity contribution in [3.05, 3.63) is 88.6 Å². The molecular formula is C37H38N4O6. The number of amides is 1. The predicted molar refractivity (Wildman–Crippen MR) is 182 cm³/mol. The summed E-state index contributed by atoms with van der Waals surface area (Å²) in [6.45, 7) is 4.95. The first-order valence-electron chi connectivity index (χ1n) is 15.5. The maximum atomic E-state index is 13.2. The minimum Gasteiger partial charge on any atom is -0.493 e. The van der Waals surface area contributed by atoms with Crippen LogP contribution in [0.5, 0.6) is 23.0 Å². The van der Waals surface area contributed by atoms with Gasteiger partial charge in [-0.2, -0.15) is 0 Å². The zero-order valence-electron chi connectivity index (χ0n) is 27.3. The van der Waals surface area contributed by atoms with E-state index in [9.17, 15) is 9.59 Å². The van der Waals surface area contributed by atoms with Crippen molar-refractivity contribution >= 4 is 40.6 Å². The number of nitrogens with zero attached hydrogens (tertiary/aromatic N) is 4. The van der Waals surface area contributed by atoms with Crippen molar-refractivity contribution in [2.24, 2.45) is 4.99 Å². The highest BCUT2D eigenvalue weighted by Gasteiger charge is 2.32. The Morgan fingerprint density at radius 1 is 0.979 bits per heavy atom. The fraction of sp³-hybridized carbons (Fsp3) is 0.297. The van der Waals surface area contributed by atoms with Crippen LogP contribution in [-0.4, -0.2) is 80.0 Å². The number of ether oxygens (including phenoxy) is 4. The Bertz CT molecular complexity index is 1900. The largest absolute Gasteiger partial charge is 0.493 e. The lowest BCUT2D eigenvalue weighted by molar-refractivity contribution is 0.0731.